The van der Waals surface area contributed by atoms with E-state index in [-0.39, 0.29) is 5.91 Å². The van der Waals surface area contributed by atoms with Crippen LogP contribution in [0.15, 0.2) is 22.7 Å². The van der Waals surface area contributed by atoms with Gasteiger partial charge >= 0.3 is 5.97 Å². The maximum Gasteiger partial charge on any atom is 0.311 e. The number of hydrogen-bond donors (Lipinski definition) is 2. The molecule has 1 aliphatic rings. The van der Waals surface area contributed by atoms with Crippen molar-refractivity contribution >= 4 is 27.8 Å². The number of nitrogens with one attached hydrogen (secondary N) is 1. The highest BCUT2D eigenvalue weighted by Gasteiger charge is 2.44. The Morgan fingerprint density at radius 2 is 2.14 bits per heavy atom. The highest BCUT2D eigenvalue weighted by Crippen LogP contribution is 2.36. The molecule has 6 heteroatoms. The van der Waals surface area contributed by atoms with Gasteiger partial charge in [-0.05, 0) is 53.9 Å². The number of carboxylic acid groups (broad SMARTS) is 1. The summed E-state index contributed by atoms with van der Waals surface area (Å²) >= 11 is 3.15. The number of carbonyl (C=O) groups is 2. The molecule has 0 heterocycles. The van der Waals surface area contributed by atoms with Crippen LogP contribution in [0.1, 0.15) is 43.0 Å². The maximum absolute atomic E-state index is 13.1. The quantitative estimate of drug-likeness (QED) is 0.871. The van der Waals surface area contributed by atoms with Crippen molar-refractivity contribution in [2.45, 2.75) is 38.6 Å². The summed E-state index contributed by atoms with van der Waals surface area (Å²) in [6.45, 7) is 1.67. The van der Waals surface area contributed by atoms with Crippen molar-refractivity contribution in [2.75, 3.05) is 0 Å². The number of hydrogen-bond acceptors (Lipinski definition) is 2. The van der Waals surface area contributed by atoms with Crippen LogP contribution in [0, 0.1) is 11.2 Å². The number of carboxylic acids is 1. The molecule has 0 bridgehead atoms. The Bertz CT molecular complexity index is 578. The molecule has 1 fully saturated rings. The van der Waals surface area contributed by atoms with Gasteiger partial charge in [-0.25, -0.2) is 4.39 Å². The predicted molar refractivity (Wildman–Crippen MR) is 79.6 cm³/mol. The fraction of sp³-hybridized carbons (Fsp3) is 0.467. The van der Waals surface area contributed by atoms with E-state index in [1.54, 1.807) is 6.92 Å². The average Bonchev–Trinajstić information content (AvgIpc) is 2.41. The second-order valence-corrected chi connectivity index (χ2v) is 6.47. The SMILES string of the molecule is CC1(C(=O)O)CCCCC1NC(=O)c1ccc(F)cc1Br. The number of rotatable bonds is 3. The highest BCUT2D eigenvalue weighted by molar-refractivity contribution is 9.10. The number of carbonyl (C=O) groups excluding carboxylic acids is 1. The van der Waals surface area contributed by atoms with Crippen LogP contribution in [0.4, 0.5) is 4.39 Å². The largest absolute Gasteiger partial charge is 0.481 e. The third kappa shape index (κ3) is 3.26. The van der Waals surface area contributed by atoms with Gasteiger partial charge in [0.25, 0.3) is 5.91 Å². The van der Waals surface area contributed by atoms with Crippen molar-refractivity contribution in [3.63, 3.8) is 0 Å². The van der Waals surface area contributed by atoms with Gasteiger partial charge in [0.15, 0.2) is 0 Å². The Morgan fingerprint density at radius 1 is 1.43 bits per heavy atom. The summed E-state index contributed by atoms with van der Waals surface area (Å²) in [4.78, 5) is 23.8. The molecule has 2 unspecified atom stereocenters. The Kier molecular flexibility index (Phi) is 4.66. The van der Waals surface area contributed by atoms with E-state index >= 15 is 0 Å². The van der Waals surface area contributed by atoms with Crippen LogP contribution in [0.3, 0.4) is 0 Å². The van der Waals surface area contributed by atoms with Gasteiger partial charge in [0, 0.05) is 10.5 Å². The minimum atomic E-state index is -0.958. The van der Waals surface area contributed by atoms with Crippen molar-refractivity contribution in [1.29, 1.82) is 0 Å². The minimum Gasteiger partial charge on any atom is -0.481 e. The van der Waals surface area contributed by atoms with E-state index in [0.29, 0.717) is 22.9 Å². The van der Waals surface area contributed by atoms with E-state index in [9.17, 15) is 19.1 Å². The van der Waals surface area contributed by atoms with Gasteiger partial charge in [0.05, 0.1) is 11.0 Å². The van der Waals surface area contributed by atoms with E-state index in [4.69, 9.17) is 0 Å². The summed E-state index contributed by atoms with van der Waals surface area (Å²) in [5.41, 5.74) is -0.657. The van der Waals surface area contributed by atoms with E-state index < -0.39 is 23.2 Å². The van der Waals surface area contributed by atoms with Gasteiger partial charge in [-0.2, -0.15) is 0 Å². The summed E-state index contributed by atoms with van der Waals surface area (Å²) in [5.74, 6) is -1.72. The van der Waals surface area contributed by atoms with Gasteiger partial charge < -0.3 is 10.4 Å². The molecule has 1 aliphatic carbocycles. The molecule has 114 valence electrons. The molecule has 2 rings (SSSR count). The van der Waals surface area contributed by atoms with E-state index in [0.717, 1.165) is 12.8 Å². The average molecular weight is 358 g/mol. The maximum atomic E-state index is 13.1. The molecular weight excluding hydrogens is 341 g/mol. The first-order valence-electron chi connectivity index (χ1n) is 6.84. The van der Waals surface area contributed by atoms with E-state index in [2.05, 4.69) is 21.2 Å². The lowest BCUT2D eigenvalue weighted by Gasteiger charge is -2.38. The van der Waals surface area contributed by atoms with E-state index in [1.165, 1.54) is 18.2 Å². The van der Waals surface area contributed by atoms with Crippen LogP contribution in [0.2, 0.25) is 0 Å². The molecule has 1 aromatic rings. The van der Waals surface area contributed by atoms with Crippen molar-refractivity contribution in [3.05, 3.63) is 34.1 Å². The second-order valence-electron chi connectivity index (χ2n) is 5.62. The van der Waals surface area contributed by atoms with Crippen molar-refractivity contribution in [1.82, 2.24) is 5.32 Å². The normalized spacial score (nSPS) is 25.4. The molecule has 1 amide bonds. The van der Waals surface area contributed by atoms with Crippen LogP contribution in [-0.4, -0.2) is 23.0 Å². The van der Waals surface area contributed by atoms with Crippen molar-refractivity contribution < 1.29 is 19.1 Å². The standard InChI is InChI=1S/C15H17BrFNO3/c1-15(14(20)21)7-3-2-4-12(15)18-13(19)10-6-5-9(17)8-11(10)16/h5-6,8,12H,2-4,7H2,1H3,(H,18,19)(H,20,21). The molecule has 2 atom stereocenters. The number of aliphatic carboxylic acids is 1. The van der Waals surface area contributed by atoms with Gasteiger partial charge in [0.2, 0.25) is 0 Å². The molecule has 0 saturated heterocycles. The molecule has 0 aliphatic heterocycles. The zero-order valence-electron chi connectivity index (χ0n) is 11.7. The molecule has 4 nitrogen and oxygen atoms in total. The van der Waals surface area contributed by atoms with E-state index in [1.807, 2.05) is 0 Å². The monoisotopic (exact) mass is 357 g/mol. The van der Waals surface area contributed by atoms with Crippen molar-refractivity contribution in [2.24, 2.45) is 5.41 Å². The summed E-state index contributed by atoms with van der Waals surface area (Å²) in [5, 5.41) is 12.2. The summed E-state index contributed by atoms with van der Waals surface area (Å²) < 4.78 is 13.4. The van der Waals surface area contributed by atoms with Gasteiger partial charge in [-0.3, -0.25) is 9.59 Å². The third-order valence-electron chi connectivity index (χ3n) is 4.18. The number of benzene rings is 1. The fourth-order valence-electron chi connectivity index (χ4n) is 2.73. The molecule has 0 spiro atoms. The molecule has 1 saturated carbocycles. The van der Waals surface area contributed by atoms with Crippen LogP contribution in [-0.2, 0) is 4.79 Å². The topological polar surface area (TPSA) is 66.4 Å². The highest BCUT2D eigenvalue weighted by atomic mass is 79.9. The first-order valence-corrected chi connectivity index (χ1v) is 7.63. The van der Waals surface area contributed by atoms with Gasteiger partial charge in [0.1, 0.15) is 5.82 Å². The molecule has 0 aromatic heterocycles. The Labute approximate surface area is 130 Å². The van der Waals surface area contributed by atoms with Crippen LogP contribution in [0.25, 0.3) is 0 Å². The van der Waals surface area contributed by atoms with Crippen LogP contribution < -0.4 is 5.32 Å². The van der Waals surface area contributed by atoms with Crippen LogP contribution >= 0.6 is 15.9 Å². The third-order valence-corrected chi connectivity index (χ3v) is 4.83. The molecule has 2 N–H and O–H groups in total. The van der Waals surface area contributed by atoms with Crippen molar-refractivity contribution in [3.8, 4) is 0 Å². The summed E-state index contributed by atoms with van der Waals surface area (Å²) in [6, 6.07) is 3.38. The lowest BCUT2D eigenvalue weighted by atomic mass is 9.71. The zero-order chi connectivity index (χ0) is 15.6. The second kappa shape index (κ2) is 6.13. The predicted octanol–water partition coefficient (Wildman–Crippen LogP) is 3.35. The van der Waals surface area contributed by atoms with Gasteiger partial charge in [-0.1, -0.05) is 12.8 Å². The lowest BCUT2D eigenvalue weighted by Crippen LogP contribution is -2.52. The number of halogens is 2. The first-order chi connectivity index (χ1) is 9.84. The number of amides is 1. The molecule has 0 radical (unpaired) electrons. The fourth-order valence-corrected chi connectivity index (χ4v) is 3.26. The smallest absolute Gasteiger partial charge is 0.311 e. The molecule has 1 aromatic carbocycles. The lowest BCUT2D eigenvalue weighted by molar-refractivity contribution is -0.151. The Morgan fingerprint density at radius 3 is 2.76 bits per heavy atom. The minimum absolute atomic E-state index is 0.301. The Hall–Kier alpha value is -1.43. The summed E-state index contributed by atoms with van der Waals surface area (Å²) in [6.07, 6.45) is 2.90. The Balaban J connectivity index is 2.19. The van der Waals surface area contributed by atoms with Gasteiger partial charge in [-0.15, -0.1) is 0 Å². The van der Waals surface area contributed by atoms with Crippen LogP contribution in [0.5, 0.6) is 0 Å². The zero-order valence-corrected chi connectivity index (χ0v) is 13.2. The molecule has 21 heavy (non-hydrogen) atoms. The summed E-state index contributed by atoms with van der Waals surface area (Å²) in [7, 11) is 0. The molecular formula is C15H17BrFNO3. The first kappa shape index (κ1) is 15.9.